The van der Waals surface area contributed by atoms with E-state index < -0.39 is 6.04 Å². The van der Waals surface area contributed by atoms with Crippen LogP contribution in [0.4, 0.5) is 0 Å². The van der Waals surface area contributed by atoms with Gasteiger partial charge in [0.1, 0.15) is 6.04 Å². The first-order chi connectivity index (χ1) is 16.0. The smallest absolute Gasteiger partial charge is 0.242 e. The zero-order chi connectivity index (χ0) is 23.6. The lowest BCUT2D eigenvalue weighted by atomic mass is 10.0. The first-order valence-electron chi connectivity index (χ1n) is 10.6. The highest BCUT2D eigenvalue weighted by molar-refractivity contribution is 9.10. The van der Waals surface area contributed by atoms with Crippen molar-refractivity contribution in [2.75, 3.05) is 12.8 Å². The zero-order valence-corrected chi connectivity index (χ0v) is 22.3. The summed E-state index contributed by atoms with van der Waals surface area (Å²) in [6.45, 7) is 0.371. The van der Waals surface area contributed by atoms with E-state index in [1.54, 1.807) is 23.7 Å². The molecule has 2 amide bonds. The average molecular weight is 590 g/mol. The Morgan fingerprint density at radius 3 is 2.00 bits per heavy atom. The van der Waals surface area contributed by atoms with Crippen LogP contribution in [-0.4, -0.2) is 35.6 Å². The quantitative estimate of drug-likeness (QED) is 0.324. The van der Waals surface area contributed by atoms with E-state index >= 15 is 0 Å². The second-order valence-corrected chi connectivity index (χ2v) is 10.4. The van der Waals surface area contributed by atoms with Crippen LogP contribution in [0.15, 0.2) is 87.8 Å². The van der Waals surface area contributed by atoms with Crippen molar-refractivity contribution < 1.29 is 9.59 Å². The van der Waals surface area contributed by atoms with Crippen molar-refractivity contribution in [2.24, 2.45) is 0 Å². The molecule has 0 bridgehead atoms. The molecule has 0 fully saturated rings. The van der Waals surface area contributed by atoms with E-state index in [1.807, 2.05) is 78.9 Å². The van der Waals surface area contributed by atoms with Gasteiger partial charge in [0, 0.05) is 34.7 Å². The van der Waals surface area contributed by atoms with Gasteiger partial charge in [0.15, 0.2) is 0 Å². The van der Waals surface area contributed by atoms with E-state index in [0.29, 0.717) is 18.7 Å². The van der Waals surface area contributed by atoms with Gasteiger partial charge in [0.25, 0.3) is 0 Å². The second-order valence-electron chi connectivity index (χ2n) is 7.59. The summed E-state index contributed by atoms with van der Waals surface area (Å²) in [6, 6.07) is 25.2. The Morgan fingerprint density at radius 1 is 0.848 bits per heavy atom. The van der Waals surface area contributed by atoms with Gasteiger partial charge in [-0.05, 0) is 41.0 Å². The largest absolute Gasteiger partial charge is 0.357 e. The van der Waals surface area contributed by atoms with E-state index in [1.165, 1.54) is 0 Å². The molecule has 0 unspecified atom stereocenters. The minimum Gasteiger partial charge on any atom is -0.357 e. The maximum absolute atomic E-state index is 13.4. The zero-order valence-electron chi connectivity index (χ0n) is 18.3. The lowest BCUT2D eigenvalue weighted by molar-refractivity contribution is -0.139. The molecule has 7 heteroatoms. The highest BCUT2D eigenvalue weighted by atomic mass is 79.9. The molecular formula is C26H26Br2N2O2S. The Labute approximate surface area is 216 Å². The first kappa shape index (κ1) is 25.5. The van der Waals surface area contributed by atoms with E-state index in [9.17, 15) is 9.59 Å². The summed E-state index contributed by atoms with van der Waals surface area (Å²) >= 11 is 8.46. The fraction of sp³-hybridized carbons (Fsp3) is 0.231. The van der Waals surface area contributed by atoms with E-state index in [-0.39, 0.29) is 11.8 Å². The van der Waals surface area contributed by atoms with Crippen molar-refractivity contribution >= 4 is 55.4 Å². The Hall–Kier alpha value is -2.09. The summed E-state index contributed by atoms with van der Waals surface area (Å²) in [4.78, 5) is 28.0. The number of hydrogen-bond donors (Lipinski definition) is 1. The summed E-state index contributed by atoms with van der Waals surface area (Å²) < 4.78 is 2.00. The van der Waals surface area contributed by atoms with Gasteiger partial charge in [-0.2, -0.15) is 0 Å². The molecule has 172 valence electrons. The molecule has 0 aromatic heterocycles. The molecule has 0 heterocycles. The predicted molar refractivity (Wildman–Crippen MR) is 143 cm³/mol. The van der Waals surface area contributed by atoms with Gasteiger partial charge in [-0.3, -0.25) is 9.59 Å². The van der Waals surface area contributed by atoms with Crippen LogP contribution in [-0.2, 0) is 28.3 Å². The minimum atomic E-state index is -0.596. The third kappa shape index (κ3) is 8.02. The molecule has 0 aliphatic carbocycles. The topological polar surface area (TPSA) is 49.4 Å². The van der Waals surface area contributed by atoms with Crippen molar-refractivity contribution in [1.29, 1.82) is 0 Å². The molecule has 33 heavy (non-hydrogen) atoms. The maximum Gasteiger partial charge on any atom is 0.242 e. The molecule has 3 aromatic rings. The van der Waals surface area contributed by atoms with Crippen LogP contribution < -0.4 is 5.32 Å². The van der Waals surface area contributed by atoms with Crippen molar-refractivity contribution in [2.45, 2.75) is 24.8 Å². The number of carbonyl (C=O) groups is 2. The number of rotatable bonds is 10. The van der Waals surface area contributed by atoms with Gasteiger partial charge in [-0.25, -0.2) is 0 Å². The third-order valence-corrected chi connectivity index (χ3v) is 7.24. The number of carbonyl (C=O) groups excluding carboxylic acids is 2. The average Bonchev–Trinajstić information content (AvgIpc) is 2.83. The molecular weight excluding hydrogens is 564 g/mol. The SMILES string of the molecule is CNC(=O)[C@@H](Cc1ccccc1)N(Cc1ccc(Br)cc1)C(=O)CSCc1ccc(Br)cc1. The van der Waals surface area contributed by atoms with E-state index in [4.69, 9.17) is 0 Å². The molecule has 1 N–H and O–H groups in total. The number of halogens is 2. The van der Waals surface area contributed by atoms with Crippen LogP contribution in [0, 0.1) is 0 Å². The lowest BCUT2D eigenvalue weighted by Crippen LogP contribution is -2.50. The minimum absolute atomic E-state index is 0.0513. The fourth-order valence-corrected chi connectivity index (χ4v) is 4.83. The van der Waals surface area contributed by atoms with Crippen molar-refractivity contribution in [3.63, 3.8) is 0 Å². The van der Waals surface area contributed by atoms with Gasteiger partial charge in [0.05, 0.1) is 5.75 Å². The van der Waals surface area contributed by atoms with Crippen LogP contribution in [0.3, 0.4) is 0 Å². The molecule has 0 spiro atoms. The van der Waals surface area contributed by atoms with Gasteiger partial charge in [-0.1, -0.05) is 86.5 Å². The van der Waals surface area contributed by atoms with Crippen molar-refractivity contribution in [3.05, 3.63) is 104 Å². The van der Waals surface area contributed by atoms with Gasteiger partial charge in [0.2, 0.25) is 11.8 Å². The van der Waals surface area contributed by atoms with E-state index in [2.05, 4.69) is 37.2 Å². The Bertz CT molecular complexity index is 1040. The van der Waals surface area contributed by atoms with Crippen LogP contribution in [0.2, 0.25) is 0 Å². The summed E-state index contributed by atoms with van der Waals surface area (Å²) in [7, 11) is 1.62. The van der Waals surface area contributed by atoms with Gasteiger partial charge < -0.3 is 10.2 Å². The van der Waals surface area contributed by atoms with Gasteiger partial charge >= 0.3 is 0 Å². The predicted octanol–water partition coefficient (Wildman–Crippen LogP) is 5.83. The normalized spacial score (nSPS) is 11.6. The molecule has 0 aliphatic rings. The van der Waals surface area contributed by atoms with Crippen LogP contribution in [0.5, 0.6) is 0 Å². The number of thioether (sulfide) groups is 1. The molecule has 3 rings (SSSR count). The molecule has 4 nitrogen and oxygen atoms in total. The molecule has 1 atom stereocenters. The highest BCUT2D eigenvalue weighted by Crippen LogP contribution is 2.20. The summed E-state index contributed by atoms with van der Waals surface area (Å²) in [5.74, 6) is 0.815. The fourth-order valence-electron chi connectivity index (χ4n) is 3.43. The standard InChI is InChI=1S/C26H26Br2N2O2S/c1-29-26(32)24(15-19-5-3-2-4-6-19)30(16-20-7-11-22(27)12-8-20)25(31)18-33-17-21-9-13-23(28)14-10-21/h2-14,24H,15-18H2,1H3,(H,29,32)/t24-/m1/s1. The number of hydrogen-bond acceptors (Lipinski definition) is 3. The number of likely N-dealkylation sites (N-methyl/N-ethyl adjacent to an activating group) is 1. The third-order valence-electron chi connectivity index (χ3n) is 5.19. The Morgan fingerprint density at radius 2 is 1.42 bits per heavy atom. The summed E-state index contributed by atoms with van der Waals surface area (Å²) in [5, 5.41) is 2.75. The molecule has 0 saturated carbocycles. The first-order valence-corrected chi connectivity index (χ1v) is 13.3. The molecule has 0 radical (unpaired) electrons. The van der Waals surface area contributed by atoms with Crippen LogP contribution in [0.25, 0.3) is 0 Å². The Balaban J connectivity index is 1.79. The number of nitrogens with zero attached hydrogens (tertiary/aromatic N) is 1. The summed E-state index contributed by atoms with van der Waals surface area (Å²) in [5.41, 5.74) is 3.15. The van der Waals surface area contributed by atoms with Crippen molar-refractivity contribution in [3.8, 4) is 0 Å². The monoisotopic (exact) mass is 588 g/mol. The van der Waals surface area contributed by atoms with Crippen LogP contribution in [0.1, 0.15) is 16.7 Å². The highest BCUT2D eigenvalue weighted by Gasteiger charge is 2.29. The second kappa shape index (κ2) is 13.0. The number of nitrogens with one attached hydrogen (secondary N) is 1. The molecule has 0 aliphatic heterocycles. The number of amides is 2. The van der Waals surface area contributed by atoms with Crippen LogP contribution >= 0.6 is 43.6 Å². The summed E-state index contributed by atoms with van der Waals surface area (Å²) in [6.07, 6.45) is 0.458. The Kier molecular flexibility index (Phi) is 10.0. The number of benzene rings is 3. The maximum atomic E-state index is 13.4. The molecule has 3 aromatic carbocycles. The van der Waals surface area contributed by atoms with Gasteiger partial charge in [-0.15, -0.1) is 11.8 Å². The molecule has 0 saturated heterocycles. The van der Waals surface area contributed by atoms with Crippen molar-refractivity contribution in [1.82, 2.24) is 10.2 Å². The lowest BCUT2D eigenvalue weighted by Gasteiger charge is -2.31. The van der Waals surface area contributed by atoms with E-state index in [0.717, 1.165) is 31.4 Å².